The van der Waals surface area contributed by atoms with Crippen LogP contribution in [-0.4, -0.2) is 38.7 Å². The molecule has 1 aliphatic rings. The van der Waals surface area contributed by atoms with Gasteiger partial charge in [0.2, 0.25) is 0 Å². The van der Waals surface area contributed by atoms with E-state index in [-0.39, 0.29) is 0 Å². The first-order chi connectivity index (χ1) is 4.22. The van der Waals surface area contributed by atoms with Crippen LogP contribution in [-0.2, 0) is 0 Å². The molecule has 1 rings (SSSR count). The molecule has 1 heterocycles. The van der Waals surface area contributed by atoms with Crippen LogP contribution in [0.1, 0.15) is 6.42 Å². The zero-order valence-corrected chi connectivity index (χ0v) is 5.71. The van der Waals surface area contributed by atoms with Gasteiger partial charge in [-0.2, -0.15) is 0 Å². The Morgan fingerprint density at radius 2 is 1.89 bits per heavy atom. The van der Waals surface area contributed by atoms with Gasteiger partial charge in [-0.25, -0.2) is 0 Å². The highest BCUT2D eigenvalue weighted by molar-refractivity contribution is 7.99. The van der Waals surface area contributed by atoms with Gasteiger partial charge in [0, 0.05) is 0 Å². The van der Waals surface area contributed by atoms with E-state index in [9.17, 15) is 0 Å². The first kappa shape index (κ1) is 7.34. The summed E-state index contributed by atoms with van der Waals surface area (Å²) in [5.41, 5.74) is -0.797. The van der Waals surface area contributed by atoms with Gasteiger partial charge in [-0.15, -0.1) is 11.8 Å². The minimum atomic E-state index is -0.955. The normalized spacial score (nSPS) is 45.0. The van der Waals surface area contributed by atoms with E-state index in [0.29, 0.717) is 6.42 Å². The Hall–Kier alpha value is 0.230. The van der Waals surface area contributed by atoms with Crippen LogP contribution in [0.15, 0.2) is 0 Å². The highest BCUT2D eigenvalue weighted by Crippen LogP contribution is 2.23. The van der Waals surface area contributed by atoms with Crippen LogP contribution in [0.3, 0.4) is 0 Å². The summed E-state index contributed by atoms with van der Waals surface area (Å²) in [6.45, 7) is 0. The Kier molecular flexibility index (Phi) is 2.35. The number of hydrogen-bond donors (Lipinski definition) is 3. The summed E-state index contributed by atoms with van der Waals surface area (Å²) >= 11 is 1.28. The van der Waals surface area contributed by atoms with Crippen LogP contribution < -0.4 is 0 Å². The van der Waals surface area contributed by atoms with E-state index in [1.165, 1.54) is 11.8 Å². The molecule has 0 saturated carbocycles. The van der Waals surface area contributed by atoms with Gasteiger partial charge < -0.3 is 15.3 Å². The van der Waals surface area contributed by atoms with Crippen LogP contribution in [0.5, 0.6) is 0 Å². The zero-order valence-electron chi connectivity index (χ0n) is 4.90. The Morgan fingerprint density at radius 1 is 1.22 bits per heavy atom. The second kappa shape index (κ2) is 2.88. The fourth-order valence-electron chi connectivity index (χ4n) is 0.769. The lowest BCUT2D eigenvalue weighted by Gasteiger charge is -2.27. The number of aliphatic hydroxyl groups excluding tert-OH is 3. The molecule has 1 fully saturated rings. The summed E-state index contributed by atoms with van der Waals surface area (Å²) in [4.78, 5) is 0. The fraction of sp³-hybridized carbons (Fsp3) is 1.00. The average Bonchev–Trinajstić information content (AvgIpc) is 1.83. The molecule has 54 valence electrons. The highest BCUT2D eigenvalue weighted by atomic mass is 32.2. The van der Waals surface area contributed by atoms with E-state index < -0.39 is 17.6 Å². The zero-order chi connectivity index (χ0) is 6.85. The van der Waals surface area contributed by atoms with Crippen molar-refractivity contribution in [3.8, 4) is 0 Å². The van der Waals surface area contributed by atoms with E-state index >= 15 is 0 Å². The molecule has 9 heavy (non-hydrogen) atoms. The van der Waals surface area contributed by atoms with Crippen LogP contribution in [0.4, 0.5) is 0 Å². The molecule has 0 bridgehead atoms. The highest BCUT2D eigenvalue weighted by Gasteiger charge is 2.28. The van der Waals surface area contributed by atoms with E-state index in [4.69, 9.17) is 15.3 Å². The predicted molar refractivity (Wildman–Crippen MR) is 35.1 cm³/mol. The number of thioether (sulfide) groups is 1. The molecule has 0 aromatic heterocycles. The van der Waals surface area contributed by atoms with Crippen molar-refractivity contribution in [2.45, 2.75) is 24.1 Å². The summed E-state index contributed by atoms with van der Waals surface area (Å²) in [6.07, 6.45) is -1.12. The fourth-order valence-corrected chi connectivity index (χ4v) is 1.77. The molecule has 0 aromatic carbocycles. The van der Waals surface area contributed by atoms with E-state index in [1.54, 1.807) is 0 Å². The molecule has 3 atom stereocenters. The lowest BCUT2D eigenvalue weighted by molar-refractivity contribution is -0.0321. The molecular weight excluding hydrogens is 140 g/mol. The molecular formula is C5H10O3S. The number of hydrogen-bond acceptors (Lipinski definition) is 4. The molecule has 0 radical (unpaired) electrons. The third-order valence-corrected chi connectivity index (χ3v) is 2.48. The Labute approximate surface area is 57.7 Å². The molecule has 1 aliphatic heterocycles. The minimum absolute atomic E-state index is 0.572. The van der Waals surface area contributed by atoms with Gasteiger partial charge in [0.1, 0.15) is 11.5 Å². The Balaban J connectivity index is 2.41. The molecule has 0 aromatic rings. The van der Waals surface area contributed by atoms with Crippen LogP contribution in [0.25, 0.3) is 0 Å². The van der Waals surface area contributed by atoms with Gasteiger partial charge in [0.25, 0.3) is 0 Å². The number of aliphatic hydroxyl groups is 3. The molecule has 0 aliphatic carbocycles. The summed E-state index contributed by atoms with van der Waals surface area (Å²) in [7, 11) is 0. The van der Waals surface area contributed by atoms with Gasteiger partial charge >= 0.3 is 0 Å². The molecule has 0 spiro atoms. The maximum Gasteiger partial charge on any atom is 0.128 e. The summed E-state index contributed by atoms with van der Waals surface area (Å²) in [5, 5.41) is 26.8. The Bertz CT molecular complexity index is 88.2. The van der Waals surface area contributed by atoms with E-state index in [2.05, 4.69) is 0 Å². The predicted octanol–water partition coefficient (Wildman–Crippen LogP) is -0.837. The Morgan fingerprint density at radius 3 is 2.33 bits per heavy atom. The first-order valence-electron chi connectivity index (χ1n) is 2.87. The van der Waals surface area contributed by atoms with Gasteiger partial charge in [0.05, 0.1) is 6.10 Å². The molecule has 0 amide bonds. The van der Waals surface area contributed by atoms with Gasteiger partial charge in [-0.1, -0.05) is 0 Å². The standard InChI is InChI=1S/C5H10O3S/c6-3-1-2-9-5(8)4(3)7/h3-8H,1-2H2/t3-,4+,5?/m1/s1. The largest absolute Gasteiger partial charge is 0.390 e. The van der Waals surface area contributed by atoms with Crippen LogP contribution >= 0.6 is 11.8 Å². The molecule has 3 N–H and O–H groups in total. The van der Waals surface area contributed by atoms with Crippen LogP contribution in [0.2, 0.25) is 0 Å². The monoisotopic (exact) mass is 150 g/mol. The lowest BCUT2D eigenvalue weighted by atomic mass is 10.1. The quantitative estimate of drug-likeness (QED) is 0.421. The van der Waals surface area contributed by atoms with Crippen molar-refractivity contribution in [3.05, 3.63) is 0 Å². The summed E-state index contributed by atoms with van der Waals surface area (Å²) in [5.74, 6) is 0.722. The van der Waals surface area contributed by atoms with Crippen LogP contribution in [0, 0.1) is 0 Å². The number of rotatable bonds is 0. The summed E-state index contributed by atoms with van der Waals surface area (Å²) in [6, 6.07) is 0. The smallest absolute Gasteiger partial charge is 0.128 e. The van der Waals surface area contributed by atoms with Crippen molar-refractivity contribution in [2.75, 3.05) is 5.75 Å². The van der Waals surface area contributed by atoms with Crippen molar-refractivity contribution in [2.24, 2.45) is 0 Å². The lowest BCUT2D eigenvalue weighted by Crippen LogP contribution is -2.39. The maximum absolute atomic E-state index is 8.93. The van der Waals surface area contributed by atoms with Crippen molar-refractivity contribution in [1.29, 1.82) is 0 Å². The van der Waals surface area contributed by atoms with Crippen molar-refractivity contribution in [1.82, 2.24) is 0 Å². The maximum atomic E-state index is 8.93. The molecule has 1 unspecified atom stereocenters. The molecule has 3 nitrogen and oxygen atoms in total. The van der Waals surface area contributed by atoms with Gasteiger partial charge in [-0.05, 0) is 12.2 Å². The van der Waals surface area contributed by atoms with E-state index in [0.717, 1.165) is 5.75 Å². The first-order valence-corrected chi connectivity index (χ1v) is 3.92. The van der Waals surface area contributed by atoms with Gasteiger partial charge in [0.15, 0.2) is 0 Å². The van der Waals surface area contributed by atoms with Crippen molar-refractivity contribution < 1.29 is 15.3 Å². The average molecular weight is 150 g/mol. The second-order valence-electron chi connectivity index (χ2n) is 2.11. The third kappa shape index (κ3) is 1.58. The second-order valence-corrected chi connectivity index (χ2v) is 3.33. The molecule has 4 heteroatoms. The molecule has 1 saturated heterocycles. The third-order valence-electron chi connectivity index (χ3n) is 1.39. The minimum Gasteiger partial charge on any atom is -0.390 e. The SMILES string of the molecule is OC1SCC[C@@H](O)[C@@H]1O. The van der Waals surface area contributed by atoms with Crippen molar-refractivity contribution >= 4 is 11.8 Å². The van der Waals surface area contributed by atoms with E-state index in [1.807, 2.05) is 0 Å². The topological polar surface area (TPSA) is 60.7 Å². The van der Waals surface area contributed by atoms with Gasteiger partial charge in [-0.3, -0.25) is 0 Å². The summed E-state index contributed by atoms with van der Waals surface area (Å²) < 4.78 is 0. The van der Waals surface area contributed by atoms with Crippen molar-refractivity contribution in [3.63, 3.8) is 0 Å².